The number of amides is 1. The summed E-state index contributed by atoms with van der Waals surface area (Å²) < 4.78 is 7.76. The van der Waals surface area contributed by atoms with Crippen molar-refractivity contribution in [1.29, 1.82) is 5.26 Å². The predicted octanol–water partition coefficient (Wildman–Crippen LogP) is 5.07. The van der Waals surface area contributed by atoms with Gasteiger partial charge in [0.05, 0.1) is 17.4 Å². The first-order valence-corrected chi connectivity index (χ1v) is 11.6. The summed E-state index contributed by atoms with van der Waals surface area (Å²) in [6, 6.07) is 24.7. The van der Waals surface area contributed by atoms with E-state index in [2.05, 4.69) is 21.6 Å². The summed E-state index contributed by atoms with van der Waals surface area (Å²) in [6.45, 7) is 4.14. The molecule has 34 heavy (non-hydrogen) atoms. The lowest BCUT2D eigenvalue weighted by Gasteiger charge is -2.12. The number of benzene rings is 3. The molecule has 0 saturated carbocycles. The Morgan fingerprint density at radius 2 is 1.82 bits per heavy atom. The van der Waals surface area contributed by atoms with Crippen molar-refractivity contribution in [2.45, 2.75) is 25.6 Å². The van der Waals surface area contributed by atoms with Crippen LogP contribution in [0.25, 0.3) is 5.69 Å². The zero-order valence-electron chi connectivity index (χ0n) is 18.9. The van der Waals surface area contributed by atoms with E-state index in [9.17, 15) is 4.79 Å². The number of para-hydroxylation sites is 1. The number of nitrogens with zero attached hydrogens (tertiary/aromatic N) is 4. The minimum Gasteiger partial charge on any atom is -0.486 e. The number of anilines is 1. The van der Waals surface area contributed by atoms with Gasteiger partial charge in [-0.05, 0) is 67.4 Å². The van der Waals surface area contributed by atoms with Crippen molar-refractivity contribution in [1.82, 2.24) is 14.8 Å². The van der Waals surface area contributed by atoms with Crippen LogP contribution in [0.2, 0.25) is 0 Å². The monoisotopic (exact) mass is 469 g/mol. The van der Waals surface area contributed by atoms with Crippen LogP contribution in [0.1, 0.15) is 22.5 Å². The van der Waals surface area contributed by atoms with Crippen LogP contribution in [0, 0.1) is 25.2 Å². The van der Waals surface area contributed by atoms with Crippen molar-refractivity contribution in [3.63, 3.8) is 0 Å². The van der Waals surface area contributed by atoms with Gasteiger partial charge in [0.1, 0.15) is 12.4 Å². The second-order valence-electron chi connectivity index (χ2n) is 7.65. The SMILES string of the molecule is Cc1ccc(C)c(NC(=O)CSc2nnc(COc3ccc(C#N)cc3)n2-c2ccccc2)c1. The maximum absolute atomic E-state index is 12.6. The number of aryl methyl sites for hydroxylation is 2. The first-order chi connectivity index (χ1) is 16.5. The fraction of sp³-hybridized carbons (Fsp3) is 0.154. The third-order valence-corrected chi connectivity index (χ3v) is 5.99. The van der Waals surface area contributed by atoms with E-state index < -0.39 is 0 Å². The zero-order chi connectivity index (χ0) is 23.9. The maximum atomic E-state index is 12.6. The lowest BCUT2D eigenvalue weighted by Crippen LogP contribution is -2.15. The summed E-state index contributed by atoms with van der Waals surface area (Å²) in [5.74, 6) is 1.31. The number of rotatable bonds is 8. The Balaban J connectivity index is 1.49. The Kier molecular flexibility index (Phi) is 7.25. The molecule has 0 aliphatic heterocycles. The molecule has 4 rings (SSSR count). The molecule has 0 saturated heterocycles. The van der Waals surface area contributed by atoms with E-state index in [-0.39, 0.29) is 18.3 Å². The average molecular weight is 470 g/mol. The average Bonchev–Trinajstić information content (AvgIpc) is 3.27. The highest BCUT2D eigenvalue weighted by molar-refractivity contribution is 7.99. The third-order valence-electron chi connectivity index (χ3n) is 5.07. The summed E-state index contributed by atoms with van der Waals surface area (Å²) >= 11 is 1.31. The van der Waals surface area contributed by atoms with Gasteiger partial charge in [0.2, 0.25) is 5.91 Å². The number of carbonyl (C=O) groups excluding carboxylic acids is 1. The molecule has 170 valence electrons. The molecule has 1 amide bonds. The minimum atomic E-state index is -0.114. The molecule has 1 N–H and O–H groups in total. The summed E-state index contributed by atoms with van der Waals surface area (Å²) in [7, 11) is 0. The van der Waals surface area contributed by atoms with Crippen LogP contribution >= 0.6 is 11.8 Å². The van der Waals surface area contributed by atoms with Gasteiger partial charge in [0.25, 0.3) is 0 Å². The number of hydrogen-bond donors (Lipinski definition) is 1. The van der Waals surface area contributed by atoms with Crippen LogP contribution in [0.15, 0.2) is 78.0 Å². The molecule has 0 fully saturated rings. The van der Waals surface area contributed by atoms with E-state index in [1.54, 1.807) is 24.3 Å². The second kappa shape index (κ2) is 10.7. The smallest absolute Gasteiger partial charge is 0.234 e. The number of nitrogens with one attached hydrogen (secondary N) is 1. The molecular weight excluding hydrogens is 446 g/mol. The van der Waals surface area contributed by atoms with Crippen molar-refractivity contribution < 1.29 is 9.53 Å². The van der Waals surface area contributed by atoms with Crippen molar-refractivity contribution in [3.8, 4) is 17.5 Å². The molecule has 7 nitrogen and oxygen atoms in total. The topological polar surface area (TPSA) is 92.8 Å². The van der Waals surface area contributed by atoms with Crippen molar-refractivity contribution in [3.05, 3.63) is 95.3 Å². The van der Waals surface area contributed by atoms with E-state index >= 15 is 0 Å². The van der Waals surface area contributed by atoms with Gasteiger partial charge in [0.15, 0.2) is 11.0 Å². The molecule has 0 spiro atoms. The van der Waals surface area contributed by atoms with Crippen molar-refractivity contribution in [2.75, 3.05) is 11.1 Å². The zero-order valence-corrected chi connectivity index (χ0v) is 19.7. The van der Waals surface area contributed by atoms with Gasteiger partial charge in [-0.1, -0.05) is 42.1 Å². The Morgan fingerprint density at radius 1 is 1.06 bits per heavy atom. The summed E-state index contributed by atoms with van der Waals surface area (Å²) in [5.41, 5.74) is 4.36. The van der Waals surface area contributed by atoms with Crippen molar-refractivity contribution in [2.24, 2.45) is 0 Å². The van der Waals surface area contributed by atoms with Crippen LogP contribution < -0.4 is 10.1 Å². The Bertz CT molecular complexity index is 1330. The minimum absolute atomic E-state index is 0.114. The first kappa shape index (κ1) is 23.1. The molecule has 0 bridgehead atoms. The van der Waals surface area contributed by atoms with Gasteiger partial charge in [-0.2, -0.15) is 5.26 Å². The summed E-state index contributed by atoms with van der Waals surface area (Å²) in [4.78, 5) is 12.6. The fourth-order valence-corrected chi connectivity index (χ4v) is 4.05. The van der Waals surface area contributed by atoms with Gasteiger partial charge in [-0.15, -0.1) is 10.2 Å². The maximum Gasteiger partial charge on any atom is 0.234 e. The van der Waals surface area contributed by atoms with Crippen LogP contribution in [-0.4, -0.2) is 26.4 Å². The third kappa shape index (κ3) is 5.63. The van der Waals surface area contributed by atoms with Crippen LogP contribution in [-0.2, 0) is 11.4 Å². The Morgan fingerprint density at radius 3 is 2.56 bits per heavy atom. The molecule has 8 heteroatoms. The molecule has 0 unspecified atom stereocenters. The second-order valence-corrected chi connectivity index (χ2v) is 8.59. The number of carbonyl (C=O) groups is 1. The van der Waals surface area contributed by atoms with Gasteiger partial charge in [-0.3, -0.25) is 9.36 Å². The molecular formula is C26H23N5O2S. The largest absolute Gasteiger partial charge is 0.486 e. The highest BCUT2D eigenvalue weighted by atomic mass is 32.2. The quantitative estimate of drug-likeness (QED) is 0.362. The molecule has 4 aromatic rings. The van der Waals surface area contributed by atoms with E-state index in [0.717, 1.165) is 22.5 Å². The molecule has 1 heterocycles. The molecule has 3 aromatic carbocycles. The molecule has 0 radical (unpaired) electrons. The normalized spacial score (nSPS) is 10.5. The number of nitriles is 1. The highest BCUT2D eigenvalue weighted by Crippen LogP contribution is 2.24. The number of ether oxygens (including phenoxy) is 1. The Hall–Kier alpha value is -4.09. The number of aromatic nitrogens is 3. The van der Waals surface area contributed by atoms with Gasteiger partial charge < -0.3 is 10.1 Å². The molecule has 0 atom stereocenters. The van der Waals surface area contributed by atoms with Gasteiger partial charge in [-0.25, -0.2) is 0 Å². The first-order valence-electron chi connectivity index (χ1n) is 10.7. The standard InChI is InChI=1S/C26H23N5O2S/c1-18-8-9-19(2)23(14-18)28-25(32)17-34-26-30-29-24(31(26)21-6-4-3-5-7-21)16-33-22-12-10-20(15-27)11-13-22/h3-14H,16-17H2,1-2H3,(H,28,32). The van der Waals surface area contributed by atoms with E-state index in [0.29, 0.717) is 22.3 Å². The molecule has 0 aliphatic carbocycles. The van der Waals surface area contributed by atoms with Gasteiger partial charge >= 0.3 is 0 Å². The highest BCUT2D eigenvalue weighted by Gasteiger charge is 2.17. The molecule has 1 aromatic heterocycles. The number of thioether (sulfide) groups is 1. The number of hydrogen-bond acceptors (Lipinski definition) is 6. The van der Waals surface area contributed by atoms with E-state index in [1.165, 1.54) is 11.8 Å². The van der Waals surface area contributed by atoms with E-state index in [1.807, 2.05) is 66.9 Å². The summed E-state index contributed by atoms with van der Waals surface area (Å²) in [5, 5.41) is 21.2. The predicted molar refractivity (Wildman–Crippen MR) is 132 cm³/mol. The lowest BCUT2D eigenvalue weighted by molar-refractivity contribution is -0.113. The fourth-order valence-electron chi connectivity index (χ4n) is 3.28. The van der Waals surface area contributed by atoms with Crippen LogP contribution in [0.3, 0.4) is 0 Å². The molecule has 0 aliphatic rings. The van der Waals surface area contributed by atoms with Gasteiger partial charge in [0, 0.05) is 11.4 Å². The lowest BCUT2D eigenvalue weighted by atomic mass is 10.1. The summed E-state index contributed by atoms with van der Waals surface area (Å²) in [6.07, 6.45) is 0. The van der Waals surface area contributed by atoms with Crippen molar-refractivity contribution >= 4 is 23.4 Å². The van der Waals surface area contributed by atoms with Crippen LogP contribution in [0.4, 0.5) is 5.69 Å². The van der Waals surface area contributed by atoms with E-state index in [4.69, 9.17) is 10.00 Å². The Labute approximate surface area is 202 Å². The van der Waals surface area contributed by atoms with Crippen LogP contribution in [0.5, 0.6) is 5.75 Å².